The first-order valence-corrected chi connectivity index (χ1v) is 10.3. The first-order valence-electron chi connectivity index (χ1n) is 10.3. The smallest absolute Gasteiger partial charge is 0.119 e. The van der Waals surface area contributed by atoms with Gasteiger partial charge in [-0.15, -0.1) is 0 Å². The van der Waals surface area contributed by atoms with Crippen LogP contribution in [0.4, 0.5) is 0 Å². The summed E-state index contributed by atoms with van der Waals surface area (Å²) in [6.45, 7) is 4.57. The van der Waals surface area contributed by atoms with Gasteiger partial charge in [0.25, 0.3) is 0 Å². The van der Waals surface area contributed by atoms with Crippen LogP contribution in [0.15, 0.2) is 48.5 Å². The third-order valence-corrected chi connectivity index (χ3v) is 5.28. The predicted octanol–water partition coefficient (Wildman–Crippen LogP) is 1.27. The Hall–Kier alpha value is -1.96. The second kappa shape index (κ2) is 11.3. The molecule has 6 heteroatoms. The van der Waals surface area contributed by atoms with Crippen LogP contribution in [0.5, 0.6) is 5.75 Å². The van der Waals surface area contributed by atoms with Gasteiger partial charge >= 0.3 is 0 Å². The van der Waals surface area contributed by atoms with E-state index in [1.807, 2.05) is 29.2 Å². The van der Waals surface area contributed by atoms with Gasteiger partial charge in [0.2, 0.25) is 0 Å². The molecule has 29 heavy (non-hydrogen) atoms. The largest absolute Gasteiger partial charge is 0.491 e. The molecule has 0 spiro atoms. The maximum Gasteiger partial charge on any atom is 0.119 e. The highest BCUT2D eigenvalue weighted by molar-refractivity contribution is 5.29. The Morgan fingerprint density at radius 3 is 2.34 bits per heavy atom. The van der Waals surface area contributed by atoms with Crippen LogP contribution in [0.3, 0.4) is 0 Å². The van der Waals surface area contributed by atoms with Crippen molar-refractivity contribution in [2.24, 2.45) is 0 Å². The van der Waals surface area contributed by atoms with Gasteiger partial charge < -0.3 is 20.1 Å². The Morgan fingerprint density at radius 2 is 1.66 bits per heavy atom. The van der Waals surface area contributed by atoms with Gasteiger partial charge in [-0.3, -0.25) is 9.80 Å². The zero-order chi connectivity index (χ0) is 20.5. The SMILES string of the molecule is OCCN(CCO)Cc1ccc(OCC(O)CN2CCc3ccccc3C2)cc1. The number of rotatable bonds is 11. The van der Waals surface area contributed by atoms with Crippen molar-refractivity contribution >= 4 is 0 Å². The molecular weight excluding hydrogens is 368 g/mol. The molecule has 0 saturated heterocycles. The van der Waals surface area contributed by atoms with Crippen LogP contribution >= 0.6 is 0 Å². The molecule has 1 aliphatic rings. The van der Waals surface area contributed by atoms with Crippen molar-refractivity contribution in [1.82, 2.24) is 9.80 Å². The summed E-state index contributed by atoms with van der Waals surface area (Å²) in [5.74, 6) is 0.729. The van der Waals surface area contributed by atoms with Crippen molar-refractivity contribution < 1.29 is 20.1 Å². The van der Waals surface area contributed by atoms with E-state index in [0.717, 1.165) is 30.8 Å². The average Bonchev–Trinajstić information content (AvgIpc) is 2.73. The maximum absolute atomic E-state index is 10.4. The highest BCUT2D eigenvalue weighted by Crippen LogP contribution is 2.19. The number of ether oxygens (including phenoxy) is 1. The van der Waals surface area contributed by atoms with Gasteiger partial charge in [-0.1, -0.05) is 36.4 Å². The normalized spacial score (nSPS) is 15.3. The minimum Gasteiger partial charge on any atom is -0.491 e. The fourth-order valence-electron chi connectivity index (χ4n) is 3.76. The first kappa shape index (κ1) is 21.7. The van der Waals surface area contributed by atoms with Gasteiger partial charge in [0.15, 0.2) is 0 Å². The Kier molecular flexibility index (Phi) is 8.46. The molecule has 2 aromatic rings. The number of aliphatic hydroxyl groups excluding tert-OH is 3. The minimum atomic E-state index is -0.537. The van der Waals surface area contributed by atoms with Crippen molar-refractivity contribution in [2.75, 3.05) is 46.0 Å². The van der Waals surface area contributed by atoms with E-state index >= 15 is 0 Å². The maximum atomic E-state index is 10.4. The second-order valence-electron chi connectivity index (χ2n) is 7.59. The molecule has 3 N–H and O–H groups in total. The lowest BCUT2D eigenvalue weighted by molar-refractivity contribution is 0.0638. The van der Waals surface area contributed by atoms with Crippen LogP contribution < -0.4 is 4.74 Å². The summed E-state index contributed by atoms with van der Waals surface area (Å²) < 4.78 is 5.76. The Bertz CT molecular complexity index is 732. The molecule has 158 valence electrons. The van der Waals surface area contributed by atoms with E-state index < -0.39 is 6.10 Å². The molecule has 0 aliphatic carbocycles. The summed E-state index contributed by atoms with van der Waals surface area (Å²) in [5, 5.41) is 28.6. The third-order valence-electron chi connectivity index (χ3n) is 5.28. The van der Waals surface area contributed by atoms with Gasteiger partial charge in [-0.05, 0) is 35.2 Å². The number of hydrogen-bond acceptors (Lipinski definition) is 6. The zero-order valence-corrected chi connectivity index (χ0v) is 16.9. The van der Waals surface area contributed by atoms with Crippen molar-refractivity contribution in [3.8, 4) is 5.75 Å². The van der Waals surface area contributed by atoms with E-state index in [0.29, 0.717) is 26.2 Å². The van der Waals surface area contributed by atoms with Crippen LogP contribution in [-0.2, 0) is 19.5 Å². The van der Waals surface area contributed by atoms with Crippen LogP contribution in [0.2, 0.25) is 0 Å². The molecule has 0 bridgehead atoms. The molecular formula is C23H32N2O4. The van der Waals surface area contributed by atoms with Crippen LogP contribution in [0.1, 0.15) is 16.7 Å². The van der Waals surface area contributed by atoms with Gasteiger partial charge in [-0.2, -0.15) is 0 Å². The lowest BCUT2D eigenvalue weighted by atomic mass is 10.00. The van der Waals surface area contributed by atoms with E-state index in [1.165, 1.54) is 11.1 Å². The standard InChI is InChI=1S/C23H32N2O4/c26-13-11-24(12-14-27)15-19-5-7-23(8-6-19)29-18-22(28)17-25-10-9-20-3-1-2-4-21(20)16-25/h1-8,22,26-28H,9-18H2. The number of β-amino-alcohol motifs (C(OH)–C–C–N with tert-alkyl or cyclic N) is 1. The fourth-order valence-corrected chi connectivity index (χ4v) is 3.76. The number of benzene rings is 2. The molecule has 0 amide bonds. The summed E-state index contributed by atoms with van der Waals surface area (Å²) in [6, 6.07) is 16.2. The lowest BCUT2D eigenvalue weighted by Gasteiger charge is -2.30. The number of nitrogens with zero attached hydrogens (tertiary/aromatic N) is 2. The molecule has 2 aromatic carbocycles. The van der Waals surface area contributed by atoms with Gasteiger partial charge in [0, 0.05) is 39.3 Å². The summed E-state index contributed by atoms with van der Waals surface area (Å²) >= 11 is 0. The first-order chi connectivity index (χ1) is 14.2. The zero-order valence-electron chi connectivity index (χ0n) is 16.9. The third kappa shape index (κ3) is 6.80. The Morgan fingerprint density at radius 1 is 0.966 bits per heavy atom. The molecule has 1 aliphatic heterocycles. The minimum absolute atomic E-state index is 0.0711. The van der Waals surface area contributed by atoms with Gasteiger partial charge in [0.05, 0.1) is 13.2 Å². The summed E-state index contributed by atoms with van der Waals surface area (Å²) in [6.07, 6.45) is 0.485. The van der Waals surface area contributed by atoms with Crippen LogP contribution in [0, 0.1) is 0 Å². The molecule has 1 unspecified atom stereocenters. The fraction of sp³-hybridized carbons (Fsp3) is 0.478. The number of fused-ring (bicyclic) bond motifs is 1. The average molecular weight is 401 g/mol. The van der Waals surface area contributed by atoms with E-state index in [2.05, 4.69) is 29.2 Å². The summed E-state index contributed by atoms with van der Waals surface area (Å²) in [5.41, 5.74) is 3.84. The van der Waals surface area contributed by atoms with Crippen molar-refractivity contribution in [2.45, 2.75) is 25.6 Å². The van der Waals surface area contributed by atoms with E-state index in [9.17, 15) is 5.11 Å². The summed E-state index contributed by atoms with van der Waals surface area (Å²) in [4.78, 5) is 4.27. The van der Waals surface area contributed by atoms with E-state index in [1.54, 1.807) is 0 Å². The van der Waals surface area contributed by atoms with Crippen molar-refractivity contribution in [1.29, 1.82) is 0 Å². The van der Waals surface area contributed by atoms with Gasteiger partial charge in [0.1, 0.15) is 18.5 Å². The molecule has 0 fully saturated rings. The Balaban J connectivity index is 1.42. The van der Waals surface area contributed by atoms with E-state index in [4.69, 9.17) is 14.9 Å². The van der Waals surface area contributed by atoms with Crippen molar-refractivity contribution in [3.63, 3.8) is 0 Å². The van der Waals surface area contributed by atoms with E-state index in [-0.39, 0.29) is 19.8 Å². The molecule has 0 saturated carbocycles. The quantitative estimate of drug-likeness (QED) is 0.527. The molecule has 6 nitrogen and oxygen atoms in total. The lowest BCUT2D eigenvalue weighted by Crippen LogP contribution is -2.38. The van der Waals surface area contributed by atoms with Crippen LogP contribution in [-0.4, -0.2) is 77.2 Å². The summed E-state index contributed by atoms with van der Waals surface area (Å²) in [7, 11) is 0. The predicted molar refractivity (Wildman–Crippen MR) is 113 cm³/mol. The highest BCUT2D eigenvalue weighted by Gasteiger charge is 2.18. The second-order valence-corrected chi connectivity index (χ2v) is 7.59. The number of hydrogen-bond donors (Lipinski definition) is 3. The molecule has 0 aromatic heterocycles. The highest BCUT2D eigenvalue weighted by atomic mass is 16.5. The number of aliphatic hydroxyl groups is 3. The topological polar surface area (TPSA) is 76.4 Å². The molecule has 1 heterocycles. The van der Waals surface area contributed by atoms with Crippen molar-refractivity contribution in [3.05, 3.63) is 65.2 Å². The Labute approximate surface area is 173 Å². The molecule has 0 radical (unpaired) electrons. The molecule has 1 atom stereocenters. The monoisotopic (exact) mass is 400 g/mol. The molecule has 3 rings (SSSR count). The van der Waals surface area contributed by atoms with Crippen LogP contribution in [0.25, 0.3) is 0 Å². The van der Waals surface area contributed by atoms with Gasteiger partial charge in [-0.25, -0.2) is 0 Å².